The first kappa shape index (κ1) is 10.0. The van der Waals surface area contributed by atoms with Crippen molar-refractivity contribution in [1.29, 1.82) is 0 Å². The Morgan fingerprint density at radius 2 is 2.45 bits per heavy atom. The summed E-state index contributed by atoms with van der Waals surface area (Å²) >= 11 is 2.08. The first-order valence-corrected chi connectivity index (χ1v) is 6.64. The molecule has 0 bridgehead atoms. The molecule has 0 N–H and O–H groups in total. The van der Waals surface area contributed by atoms with E-state index in [0.29, 0.717) is 13.2 Å². The molecule has 1 rings (SSSR count). The van der Waals surface area contributed by atoms with Crippen molar-refractivity contribution < 1.29 is 13.7 Å². The Kier molecular flexibility index (Phi) is 3.90. The topological polar surface area (TPSA) is 27.7 Å². The third-order valence-electron chi connectivity index (χ3n) is 1.37. The maximum Gasteiger partial charge on any atom is 0.163 e. The summed E-state index contributed by atoms with van der Waals surface area (Å²) in [5.41, 5.74) is 0. The number of hydrogen-bond acceptors (Lipinski definition) is 4. The lowest BCUT2D eigenvalue weighted by Gasteiger charge is -2.16. The van der Waals surface area contributed by atoms with E-state index in [4.69, 9.17) is 13.7 Å². The zero-order valence-electron chi connectivity index (χ0n) is 6.50. The third-order valence-corrected chi connectivity index (χ3v) is 2.35. The van der Waals surface area contributed by atoms with Crippen LogP contribution in [-0.2, 0) is 13.7 Å². The molecule has 5 heteroatoms. The highest BCUT2D eigenvalue weighted by Gasteiger charge is 2.32. The standard InChI is InChI=1S/C6H11IO3S/c1-6(2)8-3-5(10-6)4-9-11-7/h5H,3-4H2,1-2H3/t5-/m0/s1. The molecule has 0 aromatic rings. The van der Waals surface area contributed by atoms with Crippen molar-refractivity contribution in [3.63, 3.8) is 0 Å². The number of ether oxygens (including phenoxy) is 2. The van der Waals surface area contributed by atoms with E-state index >= 15 is 0 Å². The van der Waals surface area contributed by atoms with Gasteiger partial charge in [-0.15, -0.1) is 0 Å². The fraction of sp³-hybridized carbons (Fsp3) is 1.00. The van der Waals surface area contributed by atoms with E-state index in [1.54, 1.807) is 0 Å². The van der Waals surface area contributed by atoms with Crippen molar-refractivity contribution in [3.05, 3.63) is 0 Å². The van der Waals surface area contributed by atoms with Crippen LogP contribution in [0.4, 0.5) is 0 Å². The van der Waals surface area contributed by atoms with Gasteiger partial charge < -0.3 is 13.7 Å². The quantitative estimate of drug-likeness (QED) is 0.588. The van der Waals surface area contributed by atoms with E-state index in [-0.39, 0.29) is 6.10 Å². The minimum atomic E-state index is -0.427. The van der Waals surface area contributed by atoms with E-state index in [2.05, 4.69) is 21.2 Å². The molecule has 0 saturated carbocycles. The second-order valence-corrected chi connectivity index (χ2v) is 4.24. The molecule has 1 atom stereocenters. The van der Waals surface area contributed by atoms with E-state index in [9.17, 15) is 0 Å². The molecule has 11 heavy (non-hydrogen) atoms. The second-order valence-electron chi connectivity index (χ2n) is 2.80. The Morgan fingerprint density at radius 3 is 2.91 bits per heavy atom. The molecule has 66 valence electrons. The Morgan fingerprint density at radius 1 is 1.73 bits per heavy atom. The van der Waals surface area contributed by atoms with Gasteiger partial charge in [0.1, 0.15) is 6.10 Å². The maximum atomic E-state index is 5.49. The van der Waals surface area contributed by atoms with Crippen LogP contribution in [0.5, 0.6) is 0 Å². The van der Waals surface area contributed by atoms with E-state index in [0.717, 1.165) is 0 Å². The Bertz CT molecular complexity index is 131. The van der Waals surface area contributed by atoms with Crippen LogP contribution in [0.1, 0.15) is 13.8 Å². The summed E-state index contributed by atoms with van der Waals surface area (Å²) in [5, 5.41) is 0. The SMILES string of the molecule is CC1(C)OC[C@@H](COSI)O1. The lowest BCUT2D eigenvalue weighted by Crippen LogP contribution is -2.23. The van der Waals surface area contributed by atoms with Gasteiger partial charge in [0.05, 0.1) is 22.4 Å². The first-order valence-electron chi connectivity index (χ1n) is 3.36. The molecule has 1 aliphatic heterocycles. The molecule has 0 spiro atoms. The lowest BCUT2D eigenvalue weighted by atomic mass is 10.4. The van der Waals surface area contributed by atoms with Gasteiger partial charge in [0.25, 0.3) is 0 Å². The monoisotopic (exact) mass is 290 g/mol. The Hall–Kier alpha value is 0.960. The van der Waals surface area contributed by atoms with Crippen LogP contribution in [0, 0.1) is 0 Å². The van der Waals surface area contributed by atoms with Gasteiger partial charge in [0.2, 0.25) is 0 Å². The maximum absolute atomic E-state index is 5.49. The smallest absolute Gasteiger partial charge is 0.163 e. The van der Waals surface area contributed by atoms with Crippen LogP contribution in [0.2, 0.25) is 0 Å². The molecular formula is C6H11IO3S. The van der Waals surface area contributed by atoms with Crippen molar-refractivity contribution in [3.8, 4) is 0 Å². The van der Waals surface area contributed by atoms with E-state index < -0.39 is 5.79 Å². The van der Waals surface area contributed by atoms with Crippen molar-refractivity contribution >= 4 is 30.4 Å². The highest BCUT2D eigenvalue weighted by Crippen LogP contribution is 2.24. The molecule has 0 aromatic heterocycles. The Labute approximate surface area is 82.9 Å². The molecule has 1 heterocycles. The molecule has 3 nitrogen and oxygen atoms in total. The summed E-state index contributed by atoms with van der Waals surface area (Å²) in [5.74, 6) is -0.427. The second kappa shape index (κ2) is 4.27. The van der Waals surface area contributed by atoms with Gasteiger partial charge in [-0.05, 0) is 13.8 Å². The summed E-state index contributed by atoms with van der Waals surface area (Å²) in [7, 11) is 1.32. The van der Waals surface area contributed by atoms with E-state index in [1.165, 1.54) is 9.21 Å². The predicted octanol–water partition coefficient (Wildman–Crippen LogP) is 2.15. The van der Waals surface area contributed by atoms with Gasteiger partial charge in [0.15, 0.2) is 5.79 Å². The van der Waals surface area contributed by atoms with Gasteiger partial charge in [-0.1, -0.05) is 0 Å². The third kappa shape index (κ3) is 3.45. The zero-order chi connectivity index (χ0) is 8.32. The van der Waals surface area contributed by atoms with Gasteiger partial charge >= 0.3 is 0 Å². The highest BCUT2D eigenvalue weighted by atomic mass is 127. The summed E-state index contributed by atoms with van der Waals surface area (Å²) in [6.07, 6.45) is 0.0901. The van der Waals surface area contributed by atoms with Gasteiger partial charge in [-0.2, -0.15) is 0 Å². The molecule has 1 saturated heterocycles. The number of halogens is 1. The molecule has 0 unspecified atom stereocenters. The van der Waals surface area contributed by atoms with Crippen LogP contribution in [0.15, 0.2) is 0 Å². The van der Waals surface area contributed by atoms with Crippen LogP contribution < -0.4 is 0 Å². The molecule has 0 aliphatic carbocycles. The average Bonchev–Trinajstić information content (AvgIpc) is 2.26. The van der Waals surface area contributed by atoms with Crippen LogP contribution in [-0.4, -0.2) is 25.1 Å². The fourth-order valence-electron chi connectivity index (χ4n) is 0.947. The number of hydrogen-bond donors (Lipinski definition) is 0. The van der Waals surface area contributed by atoms with Crippen molar-refractivity contribution in [1.82, 2.24) is 0 Å². The molecular weight excluding hydrogens is 279 g/mol. The first-order chi connectivity index (χ1) is 5.14. The normalized spacial score (nSPS) is 29.2. The van der Waals surface area contributed by atoms with Crippen LogP contribution >= 0.6 is 30.4 Å². The molecule has 0 radical (unpaired) electrons. The Balaban J connectivity index is 2.20. The summed E-state index contributed by atoms with van der Waals surface area (Å²) in [6.45, 7) is 5.04. The summed E-state index contributed by atoms with van der Waals surface area (Å²) in [4.78, 5) is 0. The molecule has 1 aliphatic rings. The van der Waals surface area contributed by atoms with Crippen molar-refractivity contribution in [2.45, 2.75) is 25.7 Å². The predicted molar refractivity (Wildman–Crippen MR) is 52.5 cm³/mol. The fourth-order valence-corrected chi connectivity index (χ4v) is 1.59. The van der Waals surface area contributed by atoms with Gasteiger partial charge in [0, 0.05) is 21.2 Å². The lowest BCUT2D eigenvalue weighted by molar-refractivity contribution is -0.141. The molecule has 0 amide bonds. The largest absolute Gasteiger partial charge is 0.348 e. The van der Waals surface area contributed by atoms with E-state index in [1.807, 2.05) is 13.8 Å². The zero-order valence-corrected chi connectivity index (χ0v) is 9.48. The summed E-state index contributed by atoms with van der Waals surface area (Å²) < 4.78 is 15.9. The molecule has 1 fully saturated rings. The molecule has 0 aromatic carbocycles. The minimum absolute atomic E-state index is 0.0901. The minimum Gasteiger partial charge on any atom is -0.348 e. The summed E-state index contributed by atoms with van der Waals surface area (Å²) in [6, 6.07) is 0. The van der Waals surface area contributed by atoms with Crippen LogP contribution in [0.3, 0.4) is 0 Å². The highest BCUT2D eigenvalue weighted by molar-refractivity contribution is 14.2. The number of rotatable bonds is 3. The van der Waals surface area contributed by atoms with Crippen LogP contribution in [0.25, 0.3) is 0 Å². The van der Waals surface area contributed by atoms with Crippen molar-refractivity contribution in [2.75, 3.05) is 13.2 Å². The average molecular weight is 290 g/mol. The van der Waals surface area contributed by atoms with Gasteiger partial charge in [-0.25, -0.2) is 0 Å². The van der Waals surface area contributed by atoms with Gasteiger partial charge in [-0.3, -0.25) is 0 Å². The van der Waals surface area contributed by atoms with Crippen molar-refractivity contribution in [2.24, 2.45) is 0 Å².